The third-order valence-electron chi connectivity index (χ3n) is 5.15. The molecule has 1 amide bonds. The summed E-state index contributed by atoms with van der Waals surface area (Å²) >= 11 is 0. The van der Waals surface area contributed by atoms with Gasteiger partial charge in [-0.25, -0.2) is 0 Å². The van der Waals surface area contributed by atoms with Crippen LogP contribution in [-0.4, -0.2) is 32.5 Å². The van der Waals surface area contributed by atoms with Crippen molar-refractivity contribution >= 4 is 5.91 Å². The van der Waals surface area contributed by atoms with Crippen molar-refractivity contribution in [2.75, 3.05) is 14.2 Å². The first-order chi connectivity index (χ1) is 9.65. The lowest BCUT2D eigenvalue weighted by Gasteiger charge is -2.39. The van der Waals surface area contributed by atoms with Gasteiger partial charge in [0.05, 0.1) is 6.04 Å². The number of hydrogen-bond acceptors (Lipinski definition) is 3. The molecule has 2 fully saturated rings. The Kier molecular flexibility index (Phi) is 5.85. The van der Waals surface area contributed by atoms with Crippen molar-refractivity contribution in [3.05, 3.63) is 0 Å². The lowest BCUT2D eigenvalue weighted by Crippen LogP contribution is -2.46. The third-order valence-corrected chi connectivity index (χ3v) is 5.15. The van der Waals surface area contributed by atoms with Gasteiger partial charge < -0.3 is 14.8 Å². The Labute approximate surface area is 122 Å². The maximum Gasteiger partial charge on any atom is 0.223 e. The molecule has 4 nitrogen and oxygen atoms in total. The highest BCUT2D eigenvalue weighted by molar-refractivity contribution is 5.79. The van der Waals surface area contributed by atoms with Crippen LogP contribution in [0, 0.1) is 17.8 Å². The lowest BCUT2D eigenvalue weighted by molar-refractivity contribution is -0.140. The third kappa shape index (κ3) is 3.73. The highest BCUT2D eigenvalue weighted by Gasteiger charge is 2.35. The number of fused-ring (bicyclic) bond motifs is 1. The van der Waals surface area contributed by atoms with Gasteiger partial charge in [0.25, 0.3) is 0 Å². The van der Waals surface area contributed by atoms with Gasteiger partial charge in [-0.3, -0.25) is 4.79 Å². The molecule has 2 rings (SSSR count). The van der Waals surface area contributed by atoms with Crippen molar-refractivity contribution < 1.29 is 14.3 Å². The summed E-state index contributed by atoms with van der Waals surface area (Å²) in [6.45, 7) is 1.93. The van der Waals surface area contributed by atoms with Crippen molar-refractivity contribution in [3.8, 4) is 0 Å². The zero-order valence-corrected chi connectivity index (χ0v) is 13.1. The van der Waals surface area contributed by atoms with Crippen LogP contribution < -0.4 is 5.32 Å². The Hall–Kier alpha value is -0.610. The molecular formula is C16H29NO3. The normalized spacial score (nSPS) is 31.7. The molecular weight excluding hydrogens is 254 g/mol. The average molecular weight is 283 g/mol. The predicted octanol–water partition coefficient (Wildman–Crippen LogP) is 2.72. The van der Waals surface area contributed by atoms with Gasteiger partial charge in [-0.2, -0.15) is 0 Å². The van der Waals surface area contributed by atoms with Gasteiger partial charge >= 0.3 is 0 Å². The second kappa shape index (κ2) is 7.41. The summed E-state index contributed by atoms with van der Waals surface area (Å²) in [5.74, 6) is 2.03. The topological polar surface area (TPSA) is 47.6 Å². The molecule has 116 valence electrons. The highest BCUT2D eigenvalue weighted by atomic mass is 16.7. The number of amides is 1. The number of ether oxygens (including phenoxy) is 2. The smallest absolute Gasteiger partial charge is 0.223 e. The molecule has 0 bridgehead atoms. The first-order valence-corrected chi connectivity index (χ1v) is 8.01. The summed E-state index contributed by atoms with van der Waals surface area (Å²) < 4.78 is 10.4. The Morgan fingerprint density at radius 3 is 2.35 bits per heavy atom. The van der Waals surface area contributed by atoms with Crippen LogP contribution in [0.4, 0.5) is 0 Å². The Bertz CT molecular complexity index is 317. The van der Waals surface area contributed by atoms with Crippen LogP contribution in [-0.2, 0) is 14.3 Å². The van der Waals surface area contributed by atoms with E-state index in [1.807, 2.05) is 6.92 Å². The second-order valence-electron chi connectivity index (χ2n) is 6.45. The van der Waals surface area contributed by atoms with Crippen molar-refractivity contribution in [2.45, 2.75) is 64.2 Å². The molecule has 0 spiro atoms. The molecule has 0 aromatic heterocycles. The van der Waals surface area contributed by atoms with Crippen LogP contribution in [0.5, 0.6) is 0 Å². The number of methoxy groups -OCH3 is 2. The molecule has 0 heterocycles. The van der Waals surface area contributed by atoms with E-state index >= 15 is 0 Å². The minimum atomic E-state index is -0.370. The van der Waals surface area contributed by atoms with Gasteiger partial charge in [0.1, 0.15) is 0 Å². The molecule has 0 aromatic rings. The number of nitrogens with one attached hydrogen (secondary N) is 1. The van der Waals surface area contributed by atoms with E-state index in [0.29, 0.717) is 0 Å². The van der Waals surface area contributed by atoms with Gasteiger partial charge in [0.2, 0.25) is 5.91 Å². The van der Waals surface area contributed by atoms with Crippen LogP contribution in [0.25, 0.3) is 0 Å². The first-order valence-electron chi connectivity index (χ1n) is 8.01. The number of hydrogen-bond donors (Lipinski definition) is 1. The minimum Gasteiger partial charge on any atom is -0.354 e. The maximum absolute atomic E-state index is 12.4. The van der Waals surface area contributed by atoms with E-state index in [2.05, 4.69) is 5.32 Å². The van der Waals surface area contributed by atoms with E-state index in [-0.39, 0.29) is 24.2 Å². The quantitative estimate of drug-likeness (QED) is 0.789. The van der Waals surface area contributed by atoms with Crippen molar-refractivity contribution in [2.24, 2.45) is 17.8 Å². The summed E-state index contributed by atoms with van der Waals surface area (Å²) in [6, 6.07) is -0.110. The lowest BCUT2D eigenvalue weighted by atomic mass is 9.67. The fourth-order valence-electron chi connectivity index (χ4n) is 4.03. The van der Waals surface area contributed by atoms with Gasteiger partial charge in [-0.05, 0) is 38.0 Å². The summed E-state index contributed by atoms with van der Waals surface area (Å²) in [7, 11) is 3.20. The van der Waals surface area contributed by atoms with Crippen molar-refractivity contribution in [1.29, 1.82) is 0 Å². The zero-order chi connectivity index (χ0) is 14.5. The minimum absolute atomic E-state index is 0.110. The first kappa shape index (κ1) is 15.8. The molecule has 4 atom stereocenters. The molecule has 0 aromatic carbocycles. The van der Waals surface area contributed by atoms with E-state index in [4.69, 9.17) is 9.47 Å². The van der Waals surface area contributed by atoms with Crippen molar-refractivity contribution in [1.82, 2.24) is 5.32 Å². The van der Waals surface area contributed by atoms with Crippen molar-refractivity contribution in [3.63, 3.8) is 0 Å². The monoisotopic (exact) mass is 283 g/mol. The maximum atomic E-state index is 12.4. The summed E-state index contributed by atoms with van der Waals surface area (Å²) in [5.41, 5.74) is 0. The Balaban J connectivity index is 1.83. The Morgan fingerprint density at radius 2 is 1.70 bits per heavy atom. The van der Waals surface area contributed by atoms with Crippen LogP contribution in [0.1, 0.15) is 51.9 Å². The summed E-state index contributed by atoms with van der Waals surface area (Å²) in [6.07, 6.45) is 8.42. The molecule has 1 N–H and O–H groups in total. The van der Waals surface area contributed by atoms with Crippen LogP contribution in [0.2, 0.25) is 0 Å². The molecule has 4 heteroatoms. The Morgan fingerprint density at radius 1 is 1.05 bits per heavy atom. The van der Waals surface area contributed by atoms with Crippen LogP contribution in [0.3, 0.4) is 0 Å². The zero-order valence-electron chi connectivity index (χ0n) is 13.1. The van der Waals surface area contributed by atoms with Gasteiger partial charge in [-0.15, -0.1) is 0 Å². The SMILES string of the molecule is COC(OC)C(C)NC(=O)C1CCC2CCCCC2C1. The number of carbonyl (C=O) groups is 1. The molecule has 0 radical (unpaired) electrons. The average Bonchev–Trinajstić information content (AvgIpc) is 2.48. The number of rotatable bonds is 5. The molecule has 0 aliphatic heterocycles. The van der Waals surface area contributed by atoms with E-state index < -0.39 is 0 Å². The summed E-state index contributed by atoms with van der Waals surface area (Å²) in [4.78, 5) is 12.4. The predicted molar refractivity (Wildman–Crippen MR) is 78.2 cm³/mol. The van der Waals surface area contributed by atoms with Gasteiger partial charge in [0, 0.05) is 20.1 Å². The van der Waals surface area contributed by atoms with E-state index in [9.17, 15) is 4.79 Å². The molecule has 0 saturated heterocycles. The fourth-order valence-corrected chi connectivity index (χ4v) is 4.03. The number of carbonyl (C=O) groups excluding carboxylic acids is 1. The standard InChI is InChI=1S/C16H29NO3/c1-11(16(19-2)20-3)17-15(18)14-9-8-12-6-4-5-7-13(12)10-14/h11-14,16H,4-10H2,1-3H3,(H,17,18). The van der Waals surface area contributed by atoms with E-state index in [1.54, 1.807) is 14.2 Å². The molecule has 20 heavy (non-hydrogen) atoms. The molecule has 2 aliphatic rings. The van der Waals surface area contributed by atoms with Gasteiger partial charge in [0.15, 0.2) is 6.29 Å². The molecule has 2 aliphatic carbocycles. The summed E-state index contributed by atoms with van der Waals surface area (Å²) in [5, 5.41) is 3.06. The highest BCUT2D eigenvalue weighted by Crippen LogP contribution is 2.42. The van der Waals surface area contributed by atoms with Crippen LogP contribution >= 0.6 is 0 Å². The largest absolute Gasteiger partial charge is 0.354 e. The van der Waals surface area contributed by atoms with Crippen LogP contribution in [0.15, 0.2) is 0 Å². The fraction of sp³-hybridized carbons (Fsp3) is 0.938. The van der Waals surface area contributed by atoms with Gasteiger partial charge in [-0.1, -0.05) is 25.7 Å². The second-order valence-corrected chi connectivity index (χ2v) is 6.45. The molecule has 2 saturated carbocycles. The van der Waals surface area contributed by atoms with E-state index in [0.717, 1.165) is 24.7 Å². The van der Waals surface area contributed by atoms with E-state index in [1.165, 1.54) is 32.1 Å². The molecule has 4 unspecified atom stereocenters.